The fourth-order valence-corrected chi connectivity index (χ4v) is 6.05. The van der Waals surface area contributed by atoms with Crippen LogP contribution in [0.15, 0.2) is 0 Å². The monoisotopic (exact) mass is 375 g/mol. The molecule has 0 saturated heterocycles. The second-order valence-electron chi connectivity index (χ2n) is 9.87. The number of nitriles is 1. The molecule has 6 nitrogen and oxygen atoms in total. The van der Waals surface area contributed by atoms with E-state index in [1.807, 2.05) is 27.7 Å². The molecule has 0 aromatic heterocycles. The summed E-state index contributed by atoms with van der Waals surface area (Å²) in [6.07, 6.45) is 6.25. The lowest BCUT2D eigenvalue weighted by atomic mass is 9.47. The summed E-state index contributed by atoms with van der Waals surface area (Å²) in [4.78, 5) is 27.5. The van der Waals surface area contributed by atoms with E-state index in [0.717, 1.165) is 19.3 Å². The SMILES string of the molecule is CCN(CC#N)C(=O)[C@@H](NC(=O)OC(C)(C)C)C12CC3CC(CC(C3)C1)C2. The lowest BCUT2D eigenvalue weighted by Gasteiger charge is -2.59. The first-order valence-corrected chi connectivity index (χ1v) is 10.3. The number of amides is 2. The fourth-order valence-electron chi connectivity index (χ4n) is 6.05. The van der Waals surface area contributed by atoms with Gasteiger partial charge in [-0.1, -0.05) is 0 Å². The first-order valence-electron chi connectivity index (χ1n) is 10.3. The Morgan fingerprint density at radius 3 is 2.11 bits per heavy atom. The second-order valence-corrected chi connectivity index (χ2v) is 9.87. The van der Waals surface area contributed by atoms with Gasteiger partial charge in [-0.15, -0.1) is 0 Å². The summed E-state index contributed by atoms with van der Waals surface area (Å²) in [5, 5.41) is 12.1. The van der Waals surface area contributed by atoms with Crippen LogP contribution in [0.3, 0.4) is 0 Å². The zero-order valence-electron chi connectivity index (χ0n) is 17.1. The molecule has 4 aliphatic rings. The van der Waals surface area contributed by atoms with Crippen molar-refractivity contribution in [3.8, 4) is 6.07 Å². The van der Waals surface area contributed by atoms with Gasteiger partial charge in [0.25, 0.3) is 0 Å². The summed E-state index contributed by atoms with van der Waals surface area (Å²) in [5.74, 6) is 1.86. The van der Waals surface area contributed by atoms with E-state index in [0.29, 0.717) is 24.3 Å². The largest absolute Gasteiger partial charge is 0.444 e. The number of carbonyl (C=O) groups excluding carboxylic acids is 2. The highest BCUT2D eigenvalue weighted by Gasteiger charge is 2.57. The van der Waals surface area contributed by atoms with E-state index in [1.165, 1.54) is 19.3 Å². The van der Waals surface area contributed by atoms with Crippen molar-refractivity contribution in [2.24, 2.45) is 23.2 Å². The van der Waals surface area contributed by atoms with E-state index in [4.69, 9.17) is 10.00 Å². The third-order valence-corrected chi connectivity index (χ3v) is 6.56. The van der Waals surface area contributed by atoms with E-state index < -0.39 is 17.7 Å². The Bertz CT molecular complexity index is 596. The summed E-state index contributed by atoms with van der Waals surface area (Å²) in [6.45, 7) is 7.85. The van der Waals surface area contributed by atoms with Crippen LogP contribution in [0.5, 0.6) is 0 Å². The van der Waals surface area contributed by atoms with Crippen LogP contribution >= 0.6 is 0 Å². The van der Waals surface area contributed by atoms with Crippen LogP contribution in [-0.2, 0) is 9.53 Å². The van der Waals surface area contributed by atoms with E-state index in [9.17, 15) is 9.59 Å². The van der Waals surface area contributed by atoms with Gasteiger partial charge < -0.3 is 15.0 Å². The van der Waals surface area contributed by atoms with E-state index in [2.05, 4.69) is 11.4 Å². The third-order valence-electron chi connectivity index (χ3n) is 6.56. The summed E-state index contributed by atoms with van der Waals surface area (Å²) >= 11 is 0. The molecule has 0 aromatic rings. The van der Waals surface area contributed by atoms with Crippen molar-refractivity contribution in [1.29, 1.82) is 5.26 Å². The molecule has 4 rings (SSSR count). The van der Waals surface area contributed by atoms with Crippen LogP contribution < -0.4 is 5.32 Å². The maximum absolute atomic E-state index is 13.4. The van der Waals surface area contributed by atoms with Crippen LogP contribution in [0.2, 0.25) is 0 Å². The molecule has 1 atom stereocenters. The smallest absolute Gasteiger partial charge is 0.408 e. The number of nitrogens with zero attached hydrogens (tertiary/aromatic N) is 2. The Balaban J connectivity index is 1.87. The molecule has 4 fully saturated rings. The van der Waals surface area contributed by atoms with E-state index >= 15 is 0 Å². The van der Waals surface area contributed by atoms with Gasteiger partial charge >= 0.3 is 6.09 Å². The molecule has 4 aliphatic carbocycles. The molecule has 4 saturated carbocycles. The van der Waals surface area contributed by atoms with Crippen molar-refractivity contribution in [1.82, 2.24) is 10.2 Å². The number of hydrogen-bond donors (Lipinski definition) is 1. The molecule has 0 aliphatic heterocycles. The first kappa shape index (κ1) is 20.0. The normalized spacial score (nSPS) is 32.5. The van der Waals surface area contributed by atoms with Gasteiger partial charge in [0.15, 0.2) is 0 Å². The van der Waals surface area contributed by atoms with Crippen molar-refractivity contribution in [3.05, 3.63) is 0 Å². The zero-order chi connectivity index (χ0) is 19.8. The molecule has 4 bridgehead atoms. The number of carbonyl (C=O) groups is 2. The minimum Gasteiger partial charge on any atom is -0.444 e. The topological polar surface area (TPSA) is 82.4 Å². The molecule has 27 heavy (non-hydrogen) atoms. The Hall–Kier alpha value is -1.77. The Kier molecular flexibility index (Phi) is 5.42. The van der Waals surface area contributed by atoms with Gasteiger partial charge in [-0.3, -0.25) is 4.79 Å². The highest BCUT2D eigenvalue weighted by molar-refractivity contribution is 5.87. The third kappa shape index (κ3) is 4.23. The van der Waals surface area contributed by atoms with Crippen molar-refractivity contribution in [3.63, 3.8) is 0 Å². The van der Waals surface area contributed by atoms with Gasteiger partial charge in [0.2, 0.25) is 5.91 Å². The minimum absolute atomic E-state index is 0.0498. The van der Waals surface area contributed by atoms with Crippen LogP contribution in [0.1, 0.15) is 66.2 Å². The van der Waals surface area contributed by atoms with Gasteiger partial charge in [-0.25, -0.2) is 4.79 Å². The summed E-state index contributed by atoms with van der Waals surface area (Å²) < 4.78 is 5.47. The lowest BCUT2D eigenvalue weighted by molar-refractivity contribution is -0.144. The number of alkyl carbamates (subject to hydrolysis) is 1. The standard InChI is InChI=1S/C21H33N3O3/c1-5-24(7-6-22)18(25)17(23-19(26)27-20(2,3)4)21-11-14-8-15(12-21)10-16(9-14)13-21/h14-17H,5,7-13H2,1-4H3,(H,23,26)/t14?,15?,16?,17-,21?/m1/s1. The van der Waals surface area contributed by atoms with Crippen molar-refractivity contribution >= 4 is 12.0 Å². The highest BCUT2D eigenvalue weighted by Crippen LogP contribution is 2.61. The van der Waals surface area contributed by atoms with Gasteiger partial charge in [0.05, 0.1) is 6.07 Å². The van der Waals surface area contributed by atoms with Crippen molar-refractivity contribution < 1.29 is 14.3 Å². The summed E-state index contributed by atoms with van der Waals surface area (Å²) in [5.41, 5.74) is -0.804. The van der Waals surface area contributed by atoms with Gasteiger partial charge in [0, 0.05) is 12.0 Å². The second kappa shape index (κ2) is 7.33. The van der Waals surface area contributed by atoms with Gasteiger partial charge in [-0.05, 0) is 84.0 Å². The fraction of sp³-hybridized carbons (Fsp3) is 0.857. The first-order chi connectivity index (χ1) is 12.7. The molecule has 0 heterocycles. The van der Waals surface area contributed by atoms with Crippen LogP contribution in [0.4, 0.5) is 4.79 Å². The number of hydrogen-bond acceptors (Lipinski definition) is 4. The van der Waals surface area contributed by atoms with Crippen LogP contribution in [0.25, 0.3) is 0 Å². The molecule has 6 heteroatoms. The van der Waals surface area contributed by atoms with E-state index in [-0.39, 0.29) is 17.9 Å². The maximum Gasteiger partial charge on any atom is 0.408 e. The molecule has 0 spiro atoms. The zero-order valence-corrected chi connectivity index (χ0v) is 17.1. The Morgan fingerprint density at radius 2 is 1.70 bits per heavy atom. The molecular formula is C21H33N3O3. The van der Waals surface area contributed by atoms with Gasteiger partial charge in [-0.2, -0.15) is 5.26 Å². The molecule has 0 unspecified atom stereocenters. The number of likely N-dealkylation sites (N-methyl/N-ethyl adjacent to an activating group) is 1. The number of nitrogens with one attached hydrogen (secondary N) is 1. The Labute approximate surface area is 162 Å². The van der Waals surface area contributed by atoms with Gasteiger partial charge in [0.1, 0.15) is 18.2 Å². The molecular weight excluding hydrogens is 342 g/mol. The number of rotatable bonds is 5. The predicted molar refractivity (Wildman–Crippen MR) is 102 cm³/mol. The average Bonchev–Trinajstić information content (AvgIpc) is 2.54. The molecule has 150 valence electrons. The molecule has 2 amide bonds. The maximum atomic E-state index is 13.4. The van der Waals surface area contributed by atoms with Crippen LogP contribution in [0, 0.1) is 34.5 Å². The number of ether oxygens (including phenoxy) is 1. The highest BCUT2D eigenvalue weighted by atomic mass is 16.6. The van der Waals surface area contributed by atoms with E-state index in [1.54, 1.807) is 4.90 Å². The molecule has 0 radical (unpaired) electrons. The minimum atomic E-state index is -0.615. The lowest BCUT2D eigenvalue weighted by Crippen LogP contribution is -2.62. The van der Waals surface area contributed by atoms with Crippen LogP contribution in [-0.4, -0.2) is 41.6 Å². The average molecular weight is 376 g/mol. The predicted octanol–water partition coefficient (Wildman–Crippen LogP) is 3.47. The van der Waals surface area contributed by atoms with Crippen molar-refractivity contribution in [2.45, 2.75) is 77.9 Å². The van der Waals surface area contributed by atoms with Crippen molar-refractivity contribution in [2.75, 3.05) is 13.1 Å². The summed E-state index contributed by atoms with van der Waals surface area (Å²) in [7, 11) is 0. The Morgan fingerprint density at radius 1 is 1.19 bits per heavy atom. The molecule has 0 aromatic carbocycles. The quantitative estimate of drug-likeness (QED) is 0.746. The molecule has 1 N–H and O–H groups in total. The summed E-state index contributed by atoms with van der Waals surface area (Å²) in [6, 6.07) is 1.48.